The Morgan fingerprint density at radius 2 is 2.18 bits per heavy atom. The Balaban J connectivity index is 2.17. The van der Waals surface area contributed by atoms with Crippen LogP contribution in [-0.4, -0.2) is 63.4 Å². The summed E-state index contributed by atoms with van der Waals surface area (Å²) < 4.78 is 10.2. The van der Waals surface area contributed by atoms with Gasteiger partial charge in [-0.25, -0.2) is 0 Å². The van der Waals surface area contributed by atoms with Crippen LogP contribution in [-0.2, 0) is 14.3 Å². The van der Waals surface area contributed by atoms with Gasteiger partial charge in [0, 0.05) is 33.4 Å². The maximum absolute atomic E-state index is 11.9. The minimum Gasteiger partial charge on any atom is -0.382 e. The van der Waals surface area contributed by atoms with Gasteiger partial charge in [-0.05, 0) is 19.8 Å². The third kappa shape index (κ3) is 5.02. The van der Waals surface area contributed by atoms with Gasteiger partial charge in [-0.1, -0.05) is 0 Å². The minimum absolute atomic E-state index is 0.00352. The molecule has 0 saturated heterocycles. The molecule has 1 atom stereocenters. The van der Waals surface area contributed by atoms with E-state index in [2.05, 4.69) is 5.32 Å². The number of amides is 1. The zero-order valence-corrected chi connectivity index (χ0v) is 11.1. The average Bonchev–Trinajstić information content (AvgIpc) is 3.13. The summed E-state index contributed by atoms with van der Waals surface area (Å²) >= 11 is 0. The van der Waals surface area contributed by atoms with Gasteiger partial charge < -0.3 is 19.7 Å². The van der Waals surface area contributed by atoms with Crippen LogP contribution in [0.3, 0.4) is 0 Å². The molecule has 1 aliphatic carbocycles. The van der Waals surface area contributed by atoms with E-state index < -0.39 is 0 Å². The summed E-state index contributed by atoms with van der Waals surface area (Å²) in [5.74, 6) is 0.183. The van der Waals surface area contributed by atoms with Crippen molar-refractivity contribution in [2.45, 2.75) is 31.9 Å². The van der Waals surface area contributed by atoms with Crippen LogP contribution in [0.5, 0.6) is 0 Å². The van der Waals surface area contributed by atoms with E-state index in [1.807, 2.05) is 11.8 Å². The molecule has 100 valence electrons. The van der Waals surface area contributed by atoms with E-state index in [9.17, 15) is 4.79 Å². The van der Waals surface area contributed by atoms with Crippen LogP contribution in [0.4, 0.5) is 0 Å². The highest BCUT2D eigenvalue weighted by atomic mass is 16.5. The van der Waals surface area contributed by atoms with E-state index in [-0.39, 0.29) is 12.0 Å². The molecule has 1 rings (SSSR count). The Labute approximate surface area is 103 Å². The van der Waals surface area contributed by atoms with Gasteiger partial charge >= 0.3 is 0 Å². The topological polar surface area (TPSA) is 50.8 Å². The number of rotatable bonds is 9. The van der Waals surface area contributed by atoms with Crippen LogP contribution in [0.2, 0.25) is 0 Å². The van der Waals surface area contributed by atoms with Crippen molar-refractivity contribution in [3.63, 3.8) is 0 Å². The molecule has 0 aromatic rings. The Bertz CT molecular complexity index is 232. The first kappa shape index (κ1) is 14.4. The van der Waals surface area contributed by atoms with Gasteiger partial charge in [-0.2, -0.15) is 0 Å². The standard InChI is InChI=1S/C12H24N2O3/c1-4-14(10-5-6-10)12(15)8-13-7-11(17-3)9-16-2/h10-11,13H,4-9H2,1-3H3. The Morgan fingerprint density at radius 1 is 1.47 bits per heavy atom. The summed E-state index contributed by atoms with van der Waals surface area (Å²) in [6.07, 6.45) is 2.32. The Morgan fingerprint density at radius 3 is 2.65 bits per heavy atom. The van der Waals surface area contributed by atoms with Crippen molar-refractivity contribution in [2.24, 2.45) is 0 Å². The smallest absolute Gasteiger partial charge is 0.236 e. The summed E-state index contributed by atoms with van der Waals surface area (Å²) in [5, 5.41) is 3.12. The molecule has 1 unspecified atom stereocenters. The van der Waals surface area contributed by atoms with Crippen molar-refractivity contribution in [1.29, 1.82) is 0 Å². The highest BCUT2D eigenvalue weighted by Gasteiger charge is 2.30. The number of methoxy groups -OCH3 is 2. The maximum Gasteiger partial charge on any atom is 0.236 e. The molecule has 5 heteroatoms. The van der Waals surface area contributed by atoms with E-state index in [1.165, 1.54) is 0 Å². The summed E-state index contributed by atoms with van der Waals surface area (Å²) in [4.78, 5) is 13.8. The molecule has 1 fully saturated rings. The van der Waals surface area contributed by atoms with Crippen LogP contribution in [0.15, 0.2) is 0 Å². The SMILES string of the molecule is CCN(C(=O)CNCC(COC)OC)C1CC1. The quantitative estimate of drug-likeness (QED) is 0.631. The zero-order valence-electron chi connectivity index (χ0n) is 11.1. The number of carbonyl (C=O) groups is 1. The molecule has 17 heavy (non-hydrogen) atoms. The fourth-order valence-corrected chi connectivity index (χ4v) is 1.86. The lowest BCUT2D eigenvalue weighted by Gasteiger charge is -2.21. The van der Waals surface area contributed by atoms with Gasteiger partial charge in [0.25, 0.3) is 0 Å². The fraction of sp³-hybridized carbons (Fsp3) is 0.917. The Kier molecular flexibility index (Phi) is 6.47. The molecule has 0 aromatic heterocycles. The van der Waals surface area contributed by atoms with Crippen molar-refractivity contribution >= 4 is 5.91 Å². The lowest BCUT2D eigenvalue weighted by Crippen LogP contribution is -2.42. The molecule has 0 spiro atoms. The first-order chi connectivity index (χ1) is 8.22. The molecule has 0 aromatic carbocycles. The number of nitrogens with zero attached hydrogens (tertiary/aromatic N) is 1. The number of likely N-dealkylation sites (N-methyl/N-ethyl adjacent to an activating group) is 1. The van der Waals surface area contributed by atoms with Gasteiger partial charge in [0.05, 0.1) is 19.3 Å². The molecule has 0 bridgehead atoms. The third-order valence-electron chi connectivity index (χ3n) is 2.98. The number of hydrogen-bond acceptors (Lipinski definition) is 4. The van der Waals surface area contributed by atoms with Crippen LogP contribution in [0.1, 0.15) is 19.8 Å². The molecule has 0 aliphatic heterocycles. The van der Waals surface area contributed by atoms with Crippen molar-refractivity contribution in [3.05, 3.63) is 0 Å². The second-order valence-electron chi connectivity index (χ2n) is 4.35. The largest absolute Gasteiger partial charge is 0.382 e. The lowest BCUT2D eigenvalue weighted by molar-refractivity contribution is -0.130. The fourth-order valence-electron chi connectivity index (χ4n) is 1.86. The highest BCUT2D eigenvalue weighted by molar-refractivity contribution is 5.78. The first-order valence-corrected chi connectivity index (χ1v) is 6.24. The predicted molar refractivity (Wildman–Crippen MR) is 66.0 cm³/mol. The zero-order chi connectivity index (χ0) is 12.7. The van der Waals surface area contributed by atoms with Gasteiger partial charge in [0.15, 0.2) is 0 Å². The predicted octanol–water partition coefficient (Wildman–Crippen LogP) is 0.248. The summed E-state index contributed by atoms with van der Waals surface area (Å²) in [7, 11) is 3.29. The van der Waals surface area contributed by atoms with Gasteiger partial charge in [-0.3, -0.25) is 4.79 Å². The Hall–Kier alpha value is -0.650. The monoisotopic (exact) mass is 244 g/mol. The molecule has 0 radical (unpaired) electrons. The van der Waals surface area contributed by atoms with E-state index in [0.717, 1.165) is 19.4 Å². The number of nitrogens with one attached hydrogen (secondary N) is 1. The van der Waals surface area contributed by atoms with E-state index in [4.69, 9.17) is 9.47 Å². The molecular formula is C12H24N2O3. The second kappa shape index (κ2) is 7.63. The van der Waals surface area contributed by atoms with Gasteiger partial charge in [0.2, 0.25) is 5.91 Å². The summed E-state index contributed by atoms with van der Waals surface area (Å²) in [6.45, 7) is 4.39. The van der Waals surface area contributed by atoms with Crippen LogP contribution in [0.25, 0.3) is 0 Å². The van der Waals surface area contributed by atoms with Crippen molar-refractivity contribution < 1.29 is 14.3 Å². The van der Waals surface area contributed by atoms with Gasteiger partial charge in [0.1, 0.15) is 0 Å². The average molecular weight is 244 g/mol. The molecule has 5 nitrogen and oxygen atoms in total. The van der Waals surface area contributed by atoms with Crippen molar-refractivity contribution in [1.82, 2.24) is 10.2 Å². The number of carbonyl (C=O) groups excluding carboxylic acids is 1. The van der Waals surface area contributed by atoms with E-state index in [0.29, 0.717) is 25.7 Å². The molecule has 1 saturated carbocycles. The molecule has 1 amide bonds. The third-order valence-corrected chi connectivity index (χ3v) is 2.98. The van der Waals surface area contributed by atoms with E-state index >= 15 is 0 Å². The van der Waals surface area contributed by atoms with Crippen molar-refractivity contribution in [3.8, 4) is 0 Å². The molecular weight excluding hydrogens is 220 g/mol. The second-order valence-corrected chi connectivity index (χ2v) is 4.35. The van der Waals surface area contributed by atoms with E-state index in [1.54, 1.807) is 14.2 Å². The lowest BCUT2D eigenvalue weighted by atomic mass is 10.3. The summed E-state index contributed by atoms with van der Waals surface area (Å²) in [6, 6.07) is 0.492. The van der Waals surface area contributed by atoms with Crippen molar-refractivity contribution in [2.75, 3.05) is 40.5 Å². The first-order valence-electron chi connectivity index (χ1n) is 6.24. The van der Waals surface area contributed by atoms with Crippen LogP contribution < -0.4 is 5.32 Å². The summed E-state index contributed by atoms with van der Waals surface area (Å²) in [5.41, 5.74) is 0. The molecule has 0 heterocycles. The van der Waals surface area contributed by atoms with Gasteiger partial charge in [-0.15, -0.1) is 0 Å². The number of ether oxygens (including phenoxy) is 2. The minimum atomic E-state index is 0.00352. The molecule has 1 aliphatic rings. The highest BCUT2D eigenvalue weighted by Crippen LogP contribution is 2.26. The number of hydrogen-bond donors (Lipinski definition) is 1. The van der Waals surface area contributed by atoms with Crippen LogP contribution in [0, 0.1) is 0 Å². The molecule has 1 N–H and O–H groups in total. The normalized spacial score (nSPS) is 16.9. The van der Waals surface area contributed by atoms with Crippen LogP contribution >= 0.6 is 0 Å². The maximum atomic E-state index is 11.9.